The molecule has 19 heavy (non-hydrogen) atoms. The molecule has 0 unspecified atom stereocenters. The number of carbonyl (C=O) groups excluding carboxylic acids is 1. The molecule has 1 nitrogen and oxygen atoms in total. The predicted molar refractivity (Wildman–Crippen MR) is 76.5 cm³/mol. The maximum atomic E-state index is 11.1. The molecule has 0 aliphatic heterocycles. The van der Waals surface area contributed by atoms with Crippen molar-refractivity contribution >= 4 is 6.29 Å². The lowest BCUT2D eigenvalue weighted by molar-refractivity contribution is 0.0522. The van der Waals surface area contributed by atoms with Gasteiger partial charge in [-0.15, -0.1) is 0 Å². The third-order valence-electron chi connectivity index (χ3n) is 6.15. The molecule has 2 bridgehead atoms. The molecule has 2 saturated carbocycles. The lowest BCUT2D eigenvalue weighted by atomic mass is 9.49. The number of hydrogen-bond acceptors (Lipinski definition) is 1. The zero-order valence-electron chi connectivity index (χ0n) is 11.5. The van der Waals surface area contributed by atoms with Crippen LogP contribution in [0.5, 0.6) is 0 Å². The zero-order chi connectivity index (χ0) is 12.9. The Hall–Kier alpha value is -1.11. The van der Waals surface area contributed by atoms with Crippen LogP contribution in [0.25, 0.3) is 0 Å². The van der Waals surface area contributed by atoms with Crippen molar-refractivity contribution in [2.45, 2.75) is 56.8 Å². The first kappa shape index (κ1) is 11.7. The van der Waals surface area contributed by atoms with Crippen LogP contribution in [0.3, 0.4) is 0 Å². The van der Waals surface area contributed by atoms with E-state index in [1.807, 2.05) is 6.07 Å². The van der Waals surface area contributed by atoms with E-state index < -0.39 is 0 Å². The first-order chi connectivity index (χ1) is 9.33. The standard InChI is InChI=1S/C18H22O/c19-12-13-6-7-15-11-14-4-3-9-18(17(15)10-13)8-2-1-5-16(14)18/h6-7,10,12,14,16H,1-5,8-9,11H2/t14-,16+,18-/m0/s1. The van der Waals surface area contributed by atoms with Gasteiger partial charge in [0, 0.05) is 5.56 Å². The quantitative estimate of drug-likeness (QED) is 0.683. The lowest BCUT2D eigenvalue weighted by Crippen LogP contribution is -2.49. The molecule has 0 heterocycles. The van der Waals surface area contributed by atoms with Gasteiger partial charge in [-0.05, 0) is 66.5 Å². The number of hydrogen-bond donors (Lipinski definition) is 0. The fourth-order valence-corrected chi connectivity index (χ4v) is 5.45. The Morgan fingerprint density at radius 1 is 1.11 bits per heavy atom. The molecule has 0 aromatic heterocycles. The topological polar surface area (TPSA) is 17.1 Å². The maximum Gasteiger partial charge on any atom is 0.150 e. The maximum absolute atomic E-state index is 11.1. The summed E-state index contributed by atoms with van der Waals surface area (Å²) < 4.78 is 0. The predicted octanol–water partition coefficient (Wildman–Crippen LogP) is 4.28. The number of fused-ring (bicyclic) bond motifs is 1. The van der Waals surface area contributed by atoms with Crippen LogP contribution in [0, 0.1) is 11.8 Å². The molecule has 0 N–H and O–H groups in total. The third kappa shape index (κ3) is 1.57. The first-order valence-electron chi connectivity index (χ1n) is 7.92. The lowest BCUT2D eigenvalue weighted by Gasteiger charge is -2.55. The second-order valence-corrected chi connectivity index (χ2v) is 6.90. The van der Waals surface area contributed by atoms with E-state index in [4.69, 9.17) is 0 Å². The first-order valence-corrected chi connectivity index (χ1v) is 7.92. The summed E-state index contributed by atoms with van der Waals surface area (Å²) in [5.41, 5.74) is 4.42. The highest BCUT2D eigenvalue weighted by Gasteiger charge is 2.51. The van der Waals surface area contributed by atoms with Gasteiger partial charge in [0.1, 0.15) is 6.29 Å². The molecule has 1 aromatic carbocycles. The second kappa shape index (κ2) is 4.19. The SMILES string of the molecule is O=Cc1ccc2c(c1)[C@]13CCCC[C@@H]1[C@@H](CCC3)C2. The van der Waals surface area contributed by atoms with Gasteiger partial charge in [0.25, 0.3) is 0 Å². The van der Waals surface area contributed by atoms with Crippen molar-refractivity contribution in [2.24, 2.45) is 11.8 Å². The Kier molecular flexibility index (Phi) is 2.58. The van der Waals surface area contributed by atoms with Crippen LogP contribution in [0.2, 0.25) is 0 Å². The molecule has 0 amide bonds. The number of carbonyl (C=O) groups is 1. The average Bonchev–Trinajstić information content (AvgIpc) is 2.47. The summed E-state index contributed by atoms with van der Waals surface area (Å²) in [7, 11) is 0. The third-order valence-corrected chi connectivity index (χ3v) is 6.15. The van der Waals surface area contributed by atoms with Gasteiger partial charge >= 0.3 is 0 Å². The van der Waals surface area contributed by atoms with E-state index in [0.717, 1.165) is 23.7 Å². The van der Waals surface area contributed by atoms with E-state index in [2.05, 4.69) is 12.1 Å². The van der Waals surface area contributed by atoms with Crippen LogP contribution in [-0.2, 0) is 11.8 Å². The van der Waals surface area contributed by atoms with E-state index in [9.17, 15) is 4.79 Å². The summed E-state index contributed by atoms with van der Waals surface area (Å²) in [6.07, 6.45) is 12.1. The van der Waals surface area contributed by atoms with Crippen LogP contribution in [0.4, 0.5) is 0 Å². The van der Waals surface area contributed by atoms with Crippen LogP contribution < -0.4 is 0 Å². The molecule has 3 aliphatic rings. The van der Waals surface area contributed by atoms with Gasteiger partial charge in [-0.25, -0.2) is 0 Å². The fourth-order valence-electron chi connectivity index (χ4n) is 5.45. The van der Waals surface area contributed by atoms with Crippen molar-refractivity contribution in [3.8, 4) is 0 Å². The molecule has 1 heteroatoms. The van der Waals surface area contributed by atoms with Crippen LogP contribution in [0.1, 0.15) is 66.4 Å². The van der Waals surface area contributed by atoms with Crippen molar-refractivity contribution in [1.82, 2.24) is 0 Å². The summed E-state index contributed by atoms with van der Waals surface area (Å²) in [6, 6.07) is 6.48. The molecular formula is C18H22O. The highest BCUT2D eigenvalue weighted by Crippen LogP contribution is 2.58. The van der Waals surface area contributed by atoms with Crippen molar-refractivity contribution in [3.05, 3.63) is 34.9 Å². The number of aldehydes is 1. The molecule has 0 spiro atoms. The molecule has 4 rings (SSSR count). The summed E-state index contributed by atoms with van der Waals surface area (Å²) in [4.78, 5) is 11.1. The molecule has 100 valence electrons. The van der Waals surface area contributed by atoms with Gasteiger partial charge in [0.2, 0.25) is 0 Å². The monoisotopic (exact) mass is 254 g/mol. The van der Waals surface area contributed by atoms with Crippen LogP contribution in [0.15, 0.2) is 18.2 Å². The number of rotatable bonds is 1. The van der Waals surface area contributed by atoms with E-state index in [1.165, 1.54) is 51.4 Å². The smallest absolute Gasteiger partial charge is 0.150 e. The molecule has 1 aromatic rings. The van der Waals surface area contributed by atoms with Crippen molar-refractivity contribution in [1.29, 1.82) is 0 Å². The molecule has 3 aliphatic carbocycles. The highest BCUT2D eigenvalue weighted by atomic mass is 16.1. The Balaban J connectivity index is 1.90. The summed E-state index contributed by atoms with van der Waals surface area (Å²) in [5, 5.41) is 0. The second-order valence-electron chi connectivity index (χ2n) is 6.90. The molecule has 0 saturated heterocycles. The van der Waals surface area contributed by atoms with Crippen LogP contribution >= 0.6 is 0 Å². The Bertz CT molecular complexity index is 514. The normalized spacial score (nSPS) is 36.2. The van der Waals surface area contributed by atoms with Gasteiger partial charge in [-0.2, -0.15) is 0 Å². The van der Waals surface area contributed by atoms with Gasteiger partial charge in [-0.3, -0.25) is 4.79 Å². The van der Waals surface area contributed by atoms with Gasteiger partial charge in [0.05, 0.1) is 0 Å². The minimum atomic E-state index is 0.438. The summed E-state index contributed by atoms with van der Waals surface area (Å²) in [6.45, 7) is 0. The molecular weight excluding hydrogens is 232 g/mol. The highest BCUT2D eigenvalue weighted by molar-refractivity contribution is 5.75. The Morgan fingerprint density at radius 2 is 2.00 bits per heavy atom. The largest absolute Gasteiger partial charge is 0.298 e. The minimum absolute atomic E-state index is 0.438. The van der Waals surface area contributed by atoms with Crippen molar-refractivity contribution < 1.29 is 4.79 Å². The molecule has 3 atom stereocenters. The summed E-state index contributed by atoms with van der Waals surface area (Å²) >= 11 is 0. The Labute approximate surface area is 115 Å². The van der Waals surface area contributed by atoms with E-state index in [1.54, 1.807) is 11.1 Å². The van der Waals surface area contributed by atoms with E-state index in [0.29, 0.717) is 5.41 Å². The van der Waals surface area contributed by atoms with Crippen molar-refractivity contribution in [3.63, 3.8) is 0 Å². The fraction of sp³-hybridized carbons (Fsp3) is 0.611. The zero-order valence-corrected chi connectivity index (χ0v) is 11.5. The molecule has 2 fully saturated rings. The van der Waals surface area contributed by atoms with Crippen molar-refractivity contribution in [2.75, 3.05) is 0 Å². The average molecular weight is 254 g/mol. The van der Waals surface area contributed by atoms with Gasteiger partial charge in [-0.1, -0.05) is 31.4 Å². The van der Waals surface area contributed by atoms with Gasteiger partial charge < -0.3 is 0 Å². The van der Waals surface area contributed by atoms with E-state index in [-0.39, 0.29) is 0 Å². The van der Waals surface area contributed by atoms with E-state index >= 15 is 0 Å². The summed E-state index contributed by atoms with van der Waals surface area (Å²) in [5.74, 6) is 1.83. The Morgan fingerprint density at radius 3 is 2.89 bits per heavy atom. The van der Waals surface area contributed by atoms with Gasteiger partial charge in [0.15, 0.2) is 0 Å². The minimum Gasteiger partial charge on any atom is -0.298 e. The number of benzene rings is 1. The molecule has 0 radical (unpaired) electrons. The van der Waals surface area contributed by atoms with Crippen LogP contribution in [-0.4, -0.2) is 6.29 Å².